The van der Waals surface area contributed by atoms with Gasteiger partial charge in [-0.25, -0.2) is 0 Å². The number of benzene rings is 2. The lowest BCUT2D eigenvalue weighted by Crippen LogP contribution is -2.35. The summed E-state index contributed by atoms with van der Waals surface area (Å²) in [6.07, 6.45) is 0.828. The average molecular weight is 311 g/mol. The molecule has 0 aliphatic carbocycles. The summed E-state index contributed by atoms with van der Waals surface area (Å²) in [4.78, 5) is 15.9. The molecule has 0 N–H and O–H groups in total. The minimum absolute atomic E-state index is 0.0123. The van der Waals surface area contributed by atoms with Gasteiger partial charge in [0.25, 0.3) is 0 Å². The zero-order chi connectivity index (χ0) is 15.9. The fourth-order valence-electron chi connectivity index (χ4n) is 2.91. The first-order valence-corrected chi connectivity index (χ1v) is 8.45. The van der Waals surface area contributed by atoms with Crippen molar-refractivity contribution in [1.82, 2.24) is 0 Å². The van der Waals surface area contributed by atoms with E-state index in [0.717, 1.165) is 12.1 Å². The predicted octanol–water partition coefficient (Wildman–Crippen LogP) is 4.29. The van der Waals surface area contributed by atoms with Crippen LogP contribution in [0.15, 0.2) is 41.3 Å². The van der Waals surface area contributed by atoms with E-state index in [9.17, 15) is 4.79 Å². The van der Waals surface area contributed by atoms with Crippen LogP contribution < -0.4 is 4.90 Å². The van der Waals surface area contributed by atoms with Crippen LogP contribution in [0.1, 0.15) is 22.3 Å². The van der Waals surface area contributed by atoms with Crippen molar-refractivity contribution in [3.8, 4) is 0 Å². The molecule has 1 aliphatic rings. The molecule has 114 valence electrons. The molecule has 0 bridgehead atoms. The van der Waals surface area contributed by atoms with Crippen molar-refractivity contribution in [1.29, 1.82) is 0 Å². The first kappa shape index (κ1) is 15.2. The van der Waals surface area contributed by atoms with Crippen LogP contribution in [0.3, 0.4) is 0 Å². The van der Waals surface area contributed by atoms with Crippen molar-refractivity contribution in [2.45, 2.75) is 37.3 Å². The van der Waals surface area contributed by atoms with Crippen LogP contribution in [0.25, 0.3) is 0 Å². The highest BCUT2D eigenvalue weighted by Gasteiger charge is 2.31. The van der Waals surface area contributed by atoms with E-state index in [0.29, 0.717) is 0 Å². The SMILES string of the molecule is Cc1ccc2c(c1)SC(C(=O)N(C)c1cccc(C)c1C)C2. The zero-order valence-corrected chi connectivity index (χ0v) is 14.3. The van der Waals surface area contributed by atoms with Crippen molar-refractivity contribution in [2.75, 3.05) is 11.9 Å². The highest BCUT2D eigenvalue weighted by Crippen LogP contribution is 2.39. The third-order valence-corrected chi connectivity index (χ3v) is 5.73. The van der Waals surface area contributed by atoms with Crippen LogP contribution >= 0.6 is 11.8 Å². The monoisotopic (exact) mass is 311 g/mol. The van der Waals surface area contributed by atoms with Crippen molar-refractivity contribution in [2.24, 2.45) is 0 Å². The van der Waals surface area contributed by atoms with Crippen molar-refractivity contribution < 1.29 is 4.79 Å². The summed E-state index contributed by atoms with van der Waals surface area (Å²) >= 11 is 1.70. The Balaban J connectivity index is 1.82. The lowest BCUT2D eigenvalue weighted by atomic mass is 10.1. The van der Waals surface area contributed by atoms with E-state index in [1.807, 2.05) is 24.1 Å². The fourth-order valence-corrected chi connectivity index (χ4v) is 4.29. The average Bonchev–Trinajstić information content (AvgIpc) is 2.91. The molecule has 0 spiro atoms. The predicted molar refractivity (Wildman–Crippen MR) is 93.9 cm³/mol. The van der Waals surface area contributed by atoms with Crippen LogP contribution in [0.5, 0.6) is 0 Å². The minimum atomic E-state index is -0.0123. The largest absolute Gasteiger partial charge is 0.314 e. The number of thioether (sulfide) groups is 1. The molecule has 1 atom stereocenters. The van der Waals surface area contributed by atoms with Gasteiger partial charge in [0.2, 0.25) is 5.91 Å². The molecule has 0 fully saturated rings. The molecule has 3 rings (SSSR count). The molecule has 0 saturated heterocycles. The molecule has 0 saturated carbocycles. The minimum Gasteiger partial charge on any atom is -0.314 e. The van der Waals surface area contributed by atoms with Crippen molar-refractivity contribution in [3.05, 3.63) is 58.7 Å². The van der Waals surface area contributed by atoms with Gasteiger partial charge in [0.15, 0.2) is 0 Å². The second kappa shape index (κ2) is 5.81. The topological polar surface area (TPSA) is 20.3 Å². The highest BCUT2D eigenvalue weighted by molar-refractivity contribution is 8.01. The van der Waals surface area contributed by atoms with E-state index in [4.69, 9.17) is 0 Å². The number of amides is 1. The smallest absolute Gasteiger partial charge is 0.240 e. The summed E-state index contributed by atoms with van der Waals surface area (Å²) in [7, 11) is 1.89. The quantitative estimate of drug-likeness (QED) is 0.824. The number of carbonyl (C=O) groups is 1. The van der Waals surface area contributed by atoms with Crippen molar-refractivity contribution >= 4 is 23.4 Å². The fraction of sp³-hybridized carbons (Fsp3) is 0.316. The maximum atomic E-state index is 12.9. The number of carbonyl (C=O) groups excluding carboxylic acids is 1. The van der Waals surface area contributed by atoms with Gasteiger partial charge < -0.3 is 4.90 Å². The molecule has 2 nitrogen and oxygen atoms in total. The number of fused-ring (bicyclic) bond motifs is 1. The van der Waals surface area contributed by atoms with Crippen LogP contribution in [0.4, 0.5) is 5.69 Å². The molecule has 0 aromatic heterocycles. The number of hydrogen-bond donors (Lipinski definition) is 0. The highest BCUT2D eigenvalue weighted by atomic mass is 32.2. The summed E-state index contributed by atoms with van der Waals surface area (Å²) in [6.45, 7) is 6.26. The molecule has 2 aromatic rings. The van der Waals surface area contributed by atoms with Gasteiger partial charge in [-0.15, -0.1) is 11.8 Å². The van der Waals surface area contributed by atoms with E-state index >= 15 is 0 Å². The van der Waals surface area contributed by atoms with E-state index < -0.39 is 0 Å². The Bertz CT molecular complexity index is 738. The van der Waals surface area contributed by atoms with Crippen molar-refractivity contribution in [3.63, 3.8) is 0 Å². The summed E-state index contributed by atoms with van der Waals surface area (Å²) in [5, 5.41) is -0.0123. The molecule has 1 aliphatic heterocycles. The third kappa shape index (κ3) is 2.66. The van der Waals surface area contributed by atoms with E-state index in [2.05, 4.69) is 45.0 Å². The van der Waals surface area contributed by atoms with E-state index in [1.54, 1.807) is 11.8 Å². The Hall–Kier alpha value is -1.74. The Morgan fingerprint density at radius 3 is 2.73 bits per heavy atom. The Morgan fingerprint density at radius 2 is 1.95 bits per heavy atom. The van der Waals surface area contributed by atoms with Gasteiger partial charge in [0.1, 0.15) is 0 Å². The van der Waals surface area contributed by atoms with Gasteiger partial charge in [0.05, 0.1) is 5.25 Å². The maximum Gasteiger partial charge on any atom is 0.240 e. The number of anilines is 1. The lowest BCUT2D eigenvalue weighted by molar-refractivity contribution is -0.117. The first-order chi connectivity index (χ1) is 10.5. The Morgan fingerprint density at radius 1 is 1.18 bits per heavy atom. The molecule has 1 heterocycles. The summed E-state index contributed by atoms with van der Waals surface area (Å²) in [6, 6.07) is 12.6. The maximum absolute atomic E-state index is 12.9. The van der Waals surface area contributed by atoms with Gasteiger partial charge in [-0.1, -0.05) is 29.8 Å². The molecular formula is C19H21NOS. The molecule has 1 unspecified atom stereocenters. The molecule has 1 amide bonds. The van der Waals surface area contributed by atoms with Crippen LogP contribution in [-0.4, -0.2) is 18.2 Å². The van der Waals surface area contributed by atoms with Gasteiger partial charge in [-0.2, -0.15) is 0 Å². The summed E-state index contributed by atoms with van der Waals surface area (Å²) < 4.78 is 0. The zero-order valence-electron chi connectivity index (χ0n) is 13.5. The second-order valence-electron chi connectivity index (χ2n) is 6.04. The number of aryl methyl sites for hydroxylation is 2. The van der Waals surface area contributed by atoms with Gasteiger partial charge >= 0.3 is 0 Å². The normalized spacial score (nSPS) is 16.5. The molecule has 2 aromatic carbocycles. The Labute approximate surface area is 136 Å². The standard InChI is InChI=1S/C19H21NOS/c1-12-8-9-15-11-18(22-17(15)10-12)19(21)20(4)16-7-5-6-13(2)14(16)3/h5-10,18H,11H2,1-4H3. The molecule has 22 heavy (non-hydrogen) atoms. The second-order valence-corrected chi connectivity index (χ2v) is 7.28. The molecule has 0 radical (unpaired) electrons. The van der Waals surface area contributed by atoms with Gasteiger partial charge in [-0.05, 0) is 56.0 Å². The van der Waals surface area contributed by atoms with Crippen LogP contribution in [0.2, 0.25) is 0 Å². The number of hydrogen-bond acceptors (Lipinski definition) is 2. The lowest BCUT2D eigenvalue weighted by Gasteiger charge is -2.23. The van der Waals surface area contributed by atoms with Crippen LogP contribution in [-0.2, 0) is 11.2 Å². The summed E-state index contributed by atoms with van der Waals surface area (Å²) in [5.74, 6) is 0.188. The summed E-state index contributed by atoms with van der Waals surface area (Å²) in [5.41, 5.74) is 5.95. The number of rotatable bonds is 2. The van der Waals surface area contributed by atoms with Gasteiger partial charge in [0, 0.05) is 17.6 Å². The van der Waals surface area contributed by atoms with Crippen LogP contribution in [0, 0.1) is 20.8 Å². The Kier molecular flexibility index (Phi) is 4.00. The molecular weight excluding hydrogens is 290 g/mol. The van der Waals surface area contributed by atoms with E-state index in [-0.39, 0.29) is 11.2 Å². The first-order valence-electron chi connectivity index (χ1n) is 7.57. The third-order valence-electron chi connectivity index (χ3n) is 4.44. The van der Waals surface area contributed by atoms with Gasteiger partial charge in [-0.3, -0.25) is 4.79 Å². The number of nitrogens with zero attached hydrogens (tertiary/aromatic N) is 1. The molecule has 3 heteroatoms. The van der Waals surface area contributed by atoms with E-state index in [1.165, 1.54) is 27.1 Å².